The van der Waals surface area contributed by atoms with E-state index < -0.39 is 0 Å². The average Bonchev–Trinajstić information content (AvgIpc) is 3.88. The standard InChI is InChI=1S/C34H40N6O4S3/c1-5-9-11-17(7-3)15-39-31(41)19-13-21(45-29(19)33(39)43)23-25(35)26(36)24(28-27(23)37-47-38-28)22-14-20-30(46-22)34(44)40(32(20)42)16-18(8-4)12-10-6-2/h13-14,17-18H,5-12,15-16,35-36H2,1-4H3. The maximum absolute atomic E-state index is 13.4. The molecule has 3 aromatic heterocycles. The topological polar surface area (TPSA) is 153 Å². The highest BCUT2D eigenvalue weighted by Crippen LogP contribution is 2.50. The molecular weight excluding hydrogens is 653 g/mol. The SMILES string of the molecule is CCCCC(CC)CN1C(=O)c2cc(-c3c(N)c(N)c(-c4cc5c(s4)C(=O)N(CC(CC)CCCC)C5=O)c4nsnc34)sc2C1=O. The molecule has 6 rings (SSSR count). The van der Waals surface area contributed by atoms with Gasteiger partial charge in [0, 0.05) is 34.0 Å². The number of hydrogen-bond donors (Lipinski definition) is 2. The lowest BCUT2D eigenvalue weighted by atomic mass is 9.98. The zero-order chi connectivity index (χ0) is 33.6. The van der Waals surface area contributed by atoms with E-state index in [-0.39, 0.29) is 46.8 Å². The van der Waals surface area contributed by atoms with Crippen LogP contribution in [0.25, 0.3) is 31.9 Å². The second-order valence-corrected chi connectivity index (χ2v) is 15.2. The molecule has 4 N–H and O–H groups in total. The van der Waals surface area contributed by atoms with E-state index in [1.807, 2.05) is 0 Å². The Bertz CT molecular complexity index is 1690. The van der Waals surface area contributed by atoms with Crippen LogP contribution in [0.5, 0.6) is 0 Å². The van der Waals surface area contributed by atoms with Crippen LogP contribution in [0, 0.1) is 11.8 Å². The van der Waals surface area contributed by atoms with Crippen LogP contribution in [0.4, 0.5) is 11.4 Å². The fourth-order valence-corrected chi connectivity index (χ4v) is 9.48. The van der Waals surface area contributed by atoms with Gasteiger partial charge in [-0.1, -0.05) is 66.2 Å². The minimum Gasteiger partial charge on any atom is -0.396 e. The zero-order valence-electron chi connectivity index (χ0n) is 27.2. The van der Waals surface area contributed by atoms with Crippen LogP contribution < -0.4 is 11.5 Å². The number of fused-ring (bicyclic) bond motifs is 3. The molecule has 10 nitrogen and oxygen atoms in total. The first-order valence-electron chi connectivity index (χ1n) is 16.5. The number of nitrogen functional groups attached to an aromatic ring is 2. The number of nitrogens with two attached hydrogens (primary N) is 2. The number of imide groups is 2. The molecule has 4 amide bonds. The van der Waals surface area contributed by atoms with Crippen LogP contribution in [-0.4, -0.2) is 55.3 Å². The number of amides is 4. The van der Waals surface area contributed by atoms with Gasteiger partial charge in [0.05, 0.1) is 34.2 Å². The fraction of sp³-hybridized carbons (Fsp3) is 0.471. The van der Waals surface area contributed by atoms with Gasteiger partial charge in [-0.25, -0.2) is 0 Å². The highest BCUT2D eigenvalue weighted by atomic mass is 32.1. The molecule has 0 saturated carbocycles. The number of carbonyl (C=O) groups excluding carboxylic acids is 4. The quantitative estimate of drug-likeness (QED) is 0.0998. The predicted molar refractivity (Wildman–Crippen MR) is 190 cm³/mol. The highest BCUT2D eigenvalue weighted by Gasteiger charge is 2.41. The number of rotatable bonds is 14. The van der Waals surface area contributed by atoms with Crippen molar-refractivity contribution in [2.45, 2.75) is 79.1 Å². The van der Waals surface area contributed by atoms with Gasteiger partial charge in [-0.15, -0.1) is 22.7 Å². The Kier molecular flexibility index (Phi) is 9.50. The maximum atomic E-state index is 13.4. The number of aromatic nitrogens is 2. The van der Waals surface area contributed by atoms with Gasteiger partial charge in [-0.3, -0.25) is 29.0 Å². The average molecular weight is 693 g/mol. The third-order valence-corrected chi connectivity index (χ3v) is 12.4. The molecule has 248 valence electrons. The van der Waals surface area contributed by atoms with E-state index in [1.165, 1.54) is 32.5 Å². The molecule has 0 aliphatic carbocycles. The first-order chi connectivity index (χ1) is 22.6. The molecule has 1 aromatic carbocycles. The lowest BCUT2D eigenvalue weighted by Gasteiger charge is -2.21. The Morgan fingerprint density at radius 2 is 1.06 bits per heavy atom. The summed E-state index contributed by atoms with van der Waals surface area (Å²) in [5.41, 5.74) is 16.7. The van der Waals surface area contributed by atoms with Crippen LogP contribution in [0.15, 0.2) is 12.1 Å². The van der Waals surface area contributed by atoms with E-state index in [9.17, 15) is 19.2 Å². The van der Waals surface area contributed by atoms with E-state index >= 15 is 0 Å². The van der Waals surface area contributed by atoms with Gasteiger partial charge in [-0.2, -0.15) is 8.75 Å². The second-order valence-electron chi connectivity index (χ2n) is 12.5. The molecule has 2 aliphatic rings. The number of unbranched alkanes of at least 4 members (excludes halogenated alkanes) is 2. The first kappa shape index (κ1) is 33.2. The lowest BCUT2D eigenvalue weighted by Crippen LogP contribution is -2.34. The van der Waals surface area contributed by atoms with Crippen molar-refractivity contribution in [3.05, 3.63) is 33.0 Å². The van der Waals surface area contributed by atoms with Gasteiger partial charge < -0.3 is 11.5 Å². The third kappa shape index (κ3) is 5.65. The summed E-state index contributed by atoms with van der Waals surface area (Å²) in [6.07, 6.45) is 8.02. The maximum Gasteiger partial charge on any atom is 0.271 e. The number of nitrogens with zero attached hydrogens (tertiary/aromatic N) is 4. The largest absolute Gasteiger partial charge is 0.396 e. The van der Waals surface area contributed by atoms with Crippen LogP contribution >= 0.6 is 34.4 Å². The van der Waals surface area contributed by atoms with E-state index in [4.69, 9.17) is 11.5 Å². The monoisotopic (exact) mass is 692 g/mol. The van der Waals surface area contributed by atoms with E-state index in [0.29, 0.717) is 65.9 Å². The van der Waals surface area contributed by atoms with Gasteiger partial charge in [0.1, 0.15) is 20.8 Å². The van der Waals surface area contributed by atoms with Gasteiger partial charge >= 0.3 is 0 Å². The van der Waals surface area contributed by atoms with Crippen LogP contribution in [0.1, 0.15) is 119 Å². The van der Waals surface area contributed by atoms with E-state index in [0.717, 1.165) is 63.1 Å². The molecule has 0 spiro atoms. The number of thiophene rings is 2. The summed E-state index contributed by atoms with van der Waals surface area (Å²) in [5.74, 6) is -0.591. The normalized spacial score (nSPS) is 15.7. The zero-order valence-corrected chi connectivity index (χ0v) is 29.6. The molecular formula is C34H40N6O4S3. The van der Waals surface area contributed by atoms with Gasteiger partial charge in [-0.05, 0) is 36.8 Å². The summed E-state index contributed by atoms with van der Waals surface area (Å²) < 4.78 is 9.11. The highest BCUT2D eigenvalue weighted by molar-refractivity contribution is 7.19. The summed E-state index contributed by atoms with van der Waals surface area (Å²) in [5, 5.41) is 0. The van der Waals surface area contributed by atoms with Gasteiger partial charge in [0.15, 0.2) is 0 Å². The smallest absolute Gasteiger partial charge is 0.271 e. The Morgan fingerprint density at radius 3 is 1.40 bits per heavy atom. The van der Waals surface area contributed by atoms with Crippen molar-refractivity contribution in [2.75, 3.05) is 24.6 Å². The second kappa shape index (κ2) is 13.4. The Balaban J connectivity index is 1.31. The molecule has 5 heterocycles. The van der Waals surface area contributed by atoms with Crippen molar-refractivity contribution in [3.63, 3.8) is 0 Å². The Labute approximate surface area is 286 Å². The molecule has 2 atom stereocenters. The van der Waals surface area contributed by atoms with E-state index in [1.54, 1.807) is 12.1 Å². The molecule has 2 unspecified atom stereocenters. The molecule has 0 bridgehead atoms. The summed E-state index contributed by atoms with van der Waals surface area (Å²) in [6.45, 7) is 9.29. The summed E-state index contributed by atoms with van der Waals surface area (Å²) in [7, 11) is 0. The van der Waals surface area contributed by atoms with Crippen molar-refractivity contribution in [1.29, 1.82) is 0 Å². The van der Waals surface area contributed by atoms with Crippen LogP contribution in [0.3, 0.4) is 0 Å². The number of carbonyl (C=O) groups is 4. The Morgan fingerprint density at radius 1 is 0.660 bits per heavy atom. The summed E-state index contributed by atoms with van der Waals surface area (Å²) >= 11 is 3.43. The molecule has 0 fully saturated rings. The Hall–Kier alpha value is -3.68. The van der Waals surface area contributed by atoms with Gasteiger partial charge in [0.2, 0.25) is 0 Å². The van der Waals surface area contributed by atoms with Crippen molar-refractivity contribution >= 4 is 80.4 Å². The summed E-state index contributed by atoms with van der Waals surface area (Å²) in [6, 6.07) is 3.43. The van der Waals surface area contributed by atoms with Crippen LogP contribution in [0.2, 0.25) is 0 Å². The van der Waals surface area contributed by atoms with Crippen molar-refractivity contribution in [1.82, 2.24) is 18.5 Å². The number of benzene rings is 1. The first-order valence-corrected chi connectivity index (χ1v) is 18.8. The summed E-state index contributed by atoms with van der Waals surface area (Å²) in [4.78, 5) is 58.5. The molecule has 2 aliphatic heterocycles. The third-order valence-electron chi connectivity index (χ3n) is 9.55. The fourth-order valence-electron chi connectivity index (χ4n) is 6.61. The predicted octanol–water partition coefficient (Wildman–Crippen LogP) is 7.94. The number of hydrogen-bond acceptors (Lipinski definition) is 11. The molecule has 4 aromatic rings. The molecule has 0 saturated heterocycles. The minimum absolute atomic E-state index is 0.247. The van der Waals surface area contributed by atoms with Crippen molar-refractivity contribution < 1.29 is 19.2 Å². The molecule has 13 heteroatoms. The van der Waals surface area contributed by atoms with Gasteiger partial charge in [0.25, 0.3) is 23.6 Å². The van der Waals surface area contributed by atoms with Crippen LogP contribution in [-0.2, 0) is 0 Å². The van der Waals surface area contributed by atoms with Crippen molar-refractivity contribution in [3.8, 4) is 20.9 Å². The van der Waals surface area contributed by atoms with Crippen molar-refractivity contribution in [2.24, 2.45) is 11.8 Å². The van der Waals surface area contributed by atoms with E-state index in [2.05, 4.69) is 36.4 Å². The lowest BCUT2D eigenvalue weighted by molar-refractivity contribution is 0.0610. The minimum atomic E-state index is -0.287. The molecule has 0 radical (unpaired) electrons. The molecule has 47 heavy (non-hydrogen) atoms. The number of anilines is 2.